The van der Waals surface area contributed by atoms with Gasteiger partial charge >= 0.3 is 5.97 Å². The van der Waals surface area contributed by atoms with E-state index in [1.807, 2.05) is 45.0 Å². The minimum absolute atomic E-state index is 0.321. The van der Waals surface area contributed by atoms with Crippen LogP contribution in [0.4, 0.5) is 5.69 Å². The normalized spacial score (nSPS) is 13.8. The van der Waals surface area contributed by atoms with Crippen molar-refractivity contribution < 1.29 is 14.3 Å². The van der Waals surface area contributed by atoms with Gasteiger partial charge in [-0.1, -0.05) is 23.8 Å². The highest BCUT2D eigenvalue weighted by Crippen LogP contribution is 2.25. The summed E-state index contributed by atoms with van der Waals surface area (Å²) >= 11 is 0. The zero-order valence-corrected chi connectivity index (χ0v) is 15.8. The number of rotatable bonds is 4. The van der Waals surface area contributed by atoms with E-state index in [1.54, 1.807) is 6.92 Å². The molecule has 0 fully saturated rings. The minimum atomic E-state index is -0.865. The molecular weight excluding hydrogens is 326 g/mol. The SMILES string of the molecule is Cc1cc(C)c(C(=O)OC(C)C(=O)Nc2ccc3c(c2)CCC3)c(C)c1. The molecule has 2 aromatic carbocycles. The lowest BCUT2D eigenvalue weighted by Crippen LogP contribution is -2.30. The predicted octanol–water partition coefficient (Wildman–Crippen LogP) is 4.28. The van der Waals surface area contributed by atoms with Crippen LogP contribution in [0.25, 0.3) is 0 Å². The number of aryl methyl sites for hydroxylation is 5. The lowest BCUT2D eigenvalue weighted by atomic mass is 10.00. The standard InChI is InChI=1S/C22H25NO3/c1-13-10-14(2)20(15(3)11-13)22(25)26-16(4)21(24)23-19-9-8-17-6-5-7-18(17)12-19/h8-12,16H,5-7H2,1-4H3,(H,23,24). The summed E-state index contributed by atoms with van der Waals surface area (Å²) in [7, 11) is 0. The Hall–Kier alpha value is -2.62. The number of nitrogens with one attached hydrogen (secondary N) is 1. The maximum Gasteiger partial charge on any atom is 0.339 e. The molecule has 0 aliphatic heterocycles. The summed E-state index contributed by atoms with van der Waals surface area (Å²) in [4.78, 5) is 24.9. The number of fused-ring (bicyclic) bond motifs is 1. The van der Waals surface area contributed by atoms with Gasteiger partial charge in [-0.2, -0.15) is 0 Å². The van der Waals surface area contributed by atoms with Crippen LogP contribution in [0.3, 0.4) is 0 Å². The van der Waals surface area contributed by atoms with Crippen LogP contribution < -0.4 is 5.32 Å². The van der Waals surface area contributed by atoms with E-state index < -0.39 is 12.1 Å². The smallest absolute Gasteiger partial charge is 0.339 e. The van der Waals surface area contributed by atoms with Crippen molar-refractivity contribution in [1.29, 1.82) is 0 Å². The summed E-state index contributed by atoms with van der Waals surface area (Å²) in [6.07, 6.45) is 2.45. The average Bonchev–Trinajstić information content (AvgIpc) is 3.01. The van der Waals surface area contributed by atoms with Gasteiger partial charge in [-0.15, -0.1) is 0 Å². The molecule has 1 atom stereocenters. The molecule has 1 N–H and O–H groups in total. The second kappa shape index (κ2) is 7.32. The van der Waals surface area contributed by atoms with Crippen molar-refractivity contribution in [3.63, 3.8) is 0 Å². The molecule has 0 radical (unpaired) electrons. The maximum atomic E-state index is 12.5. The third-order valence-electron chi connectivity index (χ3n) is 4.90. The van der Waals surface area contributed by atoms with Crippen molar-refractivity contribution in [2.45, 2.75) is 53.1 Å². The topological polar surface area (TPSA) is 55.4 Å². The van der Waals surface area contributed by atoms with Crippen LogP contribution in [-0.4, -0.2) is 18.0 Å². The van der Waals surface area contributed by atoms with E-state index in [1.165, 1.54) is 11.1 Å². The van der Waals surface area contributed by atoms with Gasteiger partial charge in [-0.05, 0) is 81.3 Å². The molecule has 1 aliphatic carbocycles. The molecular formula is C22H25NO3. The van der Waals surface area contributed by atoms with E-state index in [9.17, 15) is 9.59 Å². The second-order valence-electron chi connectivity index (χ2n) is 7.15. The average molecular weight is 351 g/mol. The molecule has 26 heavy (non-hydrogen) atoms. The number of benzene rings is 2. The van der Waals surface area contributed by atoms with E-state index in [-0.39, 0.29) is 5.91 Å². The Kier molecular flexibility index (Phi) is 5.12. The molecule has 0 aromatic heterocycles. The highest BCUT2D eigenvalue weighted by atomic mass is 16.5. The zero-order chi connectivity index (χ0) is 18.8. The molecule has 0 saturated heterocycles. The van der Waals surface area contributed by atoms with Crippen LogP contribution in [0.5, 0.6) is 0 Å². The fourth-order valence-corrected chi connectivity index (χ4v) is 3.67. The fraction of sp³-hybridized carbons (Fsp3) is 0.364. The molecule has 1 amide bonds. The number of carbonyl (C=O) groups excluding carboxylic acids is 2. The highest BCUT2D eigenvalue weighted by Gasteiger charge is 2.22. The van der Waals surface area contributed by atoms with Gasteiger partial charge in [-0.25, -0.2) is 4.79 Å². The lowest BCUT2D eigenvalue weighted by Gasteiger charge is -2.16. The molecule has 2 aromatic rings. The van der Waals surface area contributed by atoms with Gasteiger partial charge in [0.1, 0.15) is 0 Å². The number of amides is 1. The van der Waals surface area contributed by atoms with Crippen molar-refractivity contribution in [2.75, 3.05) is 5.32 Å². The summed E-state index contributed by atoms with van der Waals surface area (Å²) in [5, 5.41) is 2.85. The van der Waals surface area contributed by atoms with Crippen molar-refractivity contribution in [3.8, 4) is 0 Å². The van der Waals surface area contributed by atoms with E-state index in [4.69, 9.17) is 4.74 Å². The van der Waals surface area contributed by atoms with Crippen molar-refractivity contribution >= 4 is 17.6 Å². The summed E-state index contributed by atoms with van der Waals surface area (Å²) in [5.41, 5.74) is 6.75. The van der Waals surface area contributed by atoms with E-state index >= 15 is 0 Å². The van der Waals surface area contributed by atoms with E-state index in [0.717, 1.165) is 41.6 Å². The zero-order valence-electron chi connectivity index (χ0n) is 15.8. The Morgan fingerprint density at radius 3 is 2.35 bits per heavy atom. The minimum Gasteiger partial charge on any atom is -0.449 e. The van der Waals surface area contributed by atoms with E-state index in [0.29, 0.717) is 5.56 Å². The molecule has 1 aliphatic rings. The van der Waals surface area contributed by atoms with Crippen LogP contribution in [-0.2, 0) is 22.4 Å². The first-order chi connectivity index (χ1) is 12.3. The van der Waals surface area contributed by atoms with Gasteiger partial charge in [-0.3, -0.25) is 4.79 Å². The number of carbonyl (C=O) groups is 2. The van der Waals surface area contributed by atoms with Crippen LogP contribution in [0.2, 0.25) is 0 Å². The van der Waals surface area contributed by atoms with Crippen LogP contribution in [0.15, 0.2) is 30.3 Å². The highest BCUT2D eigenvalue weighted by molar-refractivity contribution is 5.98. The molecule has 1 unspecified atom stereocenters. The summed E-state index contributed by atoms with van der Waals surface area (Å²) in [6.45, 7) is 7.35. The number of hydrogen-bond acceptors (Lipinski definition) is 3. The van der Waals surface area contributed by atoms with Crippen molar-refractivity contribution in [2.24, 2.45) is 0 Å². The number of esters is 1. The lowest BCUT2D eigenvalue weighted by molar-refractivity contribution is -0.123. The first kappa shape index (κ1) is 18.2. The Bertz CT molecular complexity index is 847. The Balaban J connectivity index is 1.67. The third kappa shape index (κ3) is 3.79. The molecule has 136 valence electrons. The first-order valence-electron chi connectivity index (χ1n) is 9.06. The molecule has 0 saturated carbocycles. The van der Waals surface area contributed by atoms with Gasteiger partial charge in [0.25, 0.3) is 5.91 Å². The summed E-state index contributed by atoms with van der Waals surface area (Å²) < 4.78 is 5.41. The van der Waals surface area contributed by atoms with Crippen molar-refractivity contribution in [3.05, 3.63) is 63.7 Å². The number of anilines is 1. The van der Waals surface area contributed by atoms with Crippen molar-refractivity contribution in [1.82, 2.24) is 0 Å². The van der Waals surface area contributed by atoms with Crippen LogP contribution >= 0.6 is 0 Å². The fourth-order valence-electron chi connectivity index (χ4n) is 3.67. The predicted molar refractivity (Wildman–Crippen MR) is 103 cm³/mol. The molecule has 0 heterocycles. The monoisotopic (exact) mass is 351 g/mol. The quantitative estimate of drug-likeness (QED) is 0.836. The second-order valence-corrected chi connectivity index (χ2v) is 7.15. The van der Waals surface area contributed by atoms with Crippen LogP contribution in [0, 0.1) is 20.8 Å². The Morgan fingerprint density at radius 1 is 1.00 bits per heavy atom. The van der Waals surface area contributed by atoms with Gasteiger partial charge in [0.05, 0.1) is 5.56 Å². The number of hydrogen-bond donors (Lipinski definition) is 1. The Labute approximate surface area is 154 Å². The third-order valence-corrected chi connectivity index (χ3v) is 4.90. The number of ether oxygens (including phenoxy) is 1. The maximum absolute atomic E-state index is 12.5. The first-order valence-corrected chi connectivity index (χ1v) is 9.06. The van der Waals surface area contributed by atoms with Gasteiger partial charge in [0.2, 0.25) is 0 Å². The Morgan fingerprint density at radius 2 is 1.65 bits per heavy atom. The molecule has 4 nitrogen and oxygen atoms in total. The molecule has 0 spiro atoms. The van der Waals surface area contributed by atoms with Gasteiger partial charge in [0, 0.05) is 5.69 Å². The summed E-state index contributed by atoms with van der Waals surface area (Å²) in [5.74, 6) is -0.782. The molecule has 4 heteroatoms. The van der Waals surface area contributed by atoms with E-state index in [2.05, 4.69) is 11.4 Å². The van der Waals surface area contributed by atoms with Gasteiger partial charge in [0.15, 0.2) is 6.10 Å². The van der Waals surface area contributed by atoms with Gasteiger partial charge < -0.3 is 10.1 Å². The molecule has 3 rings (SSSR count). The van der Waals surface area contributed by atoms with Crippen LogP contribution in [0.1, 0.15) is 51.5 Å². The summed E-state index contributed by atoms with van der Waals surface area (Å²) in [6, 6.07) is 9.87. The molecule has 0 bridgehead atoms. The largest absolute Gasteiger partial charge is 0.449 e.